The van der Waals surface area contributed by atoms with Crippen LogP contribution in [0.4, 0.5) is 5.69 Å². The highest BCUT2D eigenvalue weighted by atomic mass is 16.4. The van der Waals surface area contributed by atoms with E-state index < -0.39 is 5.97 Å². The first-order valence-electron chi connectivity index (χ1n) is 6.91. The molecule has 0 aromatic heterocycles. The van der Waals surface area contributed by atoms with Gasteiger partial charge in [0.25, 0.3) is 0 Å². The third-order valence-corrected chi connectivity index (χ3v) is 3.42. The second-order valence-corrected chi connectivity index (χ2v) is 4.91. The van der Waals surface area contributed by atoms with Gasteiger partial charge in [-0.2, -0.15) is 5.10 Å². The Morgan fingerprint density at radius 1 is 1.05 bits per heavy atom. The zero-order valence-corrected chi connectivity index (χ0v) is 11.1. The van der Waals surface area contributed by atoms with Crippen molar-refractivity contribution in [2.24, 2.45) is 5.10 Å². The summed E-state index contributed by atoms with van der Waals surface area (Å²) in [5.41, 5.74) is 4.89. The third-order valence-electron chi connectivity index (χ3n) is 3.42. The van der Waals surface area contributed by atoms with Crippen LogP contribution in [0.1, 0.15) is 55.3 Å². The van der Waals surface area contributed by atoms with Crippen molar-refractivity contribution in [2.45, 2.75) is 44.9 Å². The van der Waals surface area contributed by atoms with Gasteiger partial charge in [-0.15, -0.1) is 0 Å². The van der Waals surface area contributed by atoms with Gasteiger partial charge in [0.1, 0.15) is 0 Å². The van der Waals surface area contributed by atoms with Crippen LogP contribution in [0, 0.1) is 0 Å². The molecule has 1 aliphatic rings. The van der Waals surface area contributed by atoms with Gasteiger partial charge in [0, 0.05) is 5.71 Å². The van der Waals surface area contributed by atoms with Gasteiger partial charge in [-0.05, 0) is 37.8 Å². The van der Waals surface area contributed by atoms with Crippen molar-refractivity contribution in [3.8, 4) is 0 Å². The molecule has 0 saturated heterocycles. The highest BCUT2D eigenvalue weighted by Crippen LogP contribution is 2.18. The number of rotatable bonds is 3. The number of hydrogen-bond donors (Lipinski definition) is 2. The van der Waals surface area contributed by atoms with E-state index in [9.17, 15) is 4.79 Å². The zero-order valence-electron chi connectivity index (χ0n) is 11.1. The molecule has 0 heterocycles. The summed E-state index contributed by atoms with van der Waals surface area (Å²) in [5.74, 6) is -0.930. The summed E-state index contributed by atoms with van der Waals surface area (Å²) in [6.45, 7) is 0. The summed E-state index contributed by atoms with van der Waals surface area (Å²) >= 11 is 0. The van der Waals surface area contributed by atoms with E-state index in [1.807, 2.05) is 6.07 Å². The van der Waals surface area contributed by atoms with E-state index in [0.717, 1.165) is 18.6 Å². The largest absolute Gasteiger partial charge is 0.478 e. The van der Waals surface area contributed by atoms with Gasteiger partial charge in [-0.25, -0.2) is 4.79 Å². The molecule has 1 fully saturated rings. The minimum absolute atomic E-state index is 0.262. The molecule has 1 aromatic rings. The molecule has 2 rings (SSSR count). The fourth-order valence-corrected chi connectivity index (χ4v) is 2.33. The standard InChI is InChI=1S/C15H20N2O2/c18-15(19)13-10-6-7-11-14(13)17-16-12-8-4-2-1-3-5-9-12/h6-7,10-11,17H,1-5,8-9H2,(H,18,19). The Bertz CT molecular complexity index is 459. The highest BCUT2D eigenvalue weighted by molar-refractivity contribution is 5.94. The van der Waals surface area contributed by atoms with E-state index in [4.69, 9.17) is 5.11 Å². The fourth-order valence-electron chi connectivity index (χ4n) is 2.33. The molecule has 1 aliphatic carbocycles. The lowest BCUT2D eigenvalue weighted by atomic mass is 9.99. The summed E-state index contributed by atoms with van der Waals surface area (Å²) in [6.07, 6.45) is 8.25. The highest BCUT2D eigenvalue weighted by Gasteiger charge is 2.09. The Balaban J connectivity index is 2.05. The normalized spacial score (nSPS) is 16.3. The van der Waals surface area contributed by atoms with Gasteiger partial charge in [0.15, 0.2) is 0 Å². The summed E-state index contributed by atoms with van der Waals surface area (Å²) in [6, 6.07) is 6.87. The van der Waals surface area contributed by atoms with Crippen LogP contribution < -0.4 is 5.43 Å². The van der Waals surface area contributed by atoms with Crippen LogP contribution in [0.3, 0.4) is 0 Å². The van der Waals surface area contributed by atoms with Crippen molar-refractivity contribution >= 4 is 17.4 Å². The summed E-state index contributed by atoms with van der Waals surface area (Å²) in [4.78, 5) is 11.1. The smallest absolute Gasteiger partial charge is 0.337 e. The van der Waals surface area contributed by atoms with E-state index in [-0.39, 0.29) is 5.56 Å². The lowest BCUT2D eigenvalue weighted by molar-refractivity contribution is 0.0698. The van der Waals surface area contributed by atoms with E-state index in [2.05, 4.69) is 10.5 Å². The van der Waals surface area contributed by atoms with E-state index in [0.29, 0.717) is 5.69 Å². The Hall–Kier alpha value is -1.84. The number of carbonyl (C=O) groups is 1. The Morgan fingerprint density at radius 3 is 2.37 bits per heavy atom. The number of carboxylic acid groups (broad SMARTS) is 1. The van der Waals surface area contributed by atoms with Crippen LogP contribution >= 0.6 is 0 Å². The minimum Gasteiger partial charge on any atom is -0.478 e. The van der Waals surface area contributed by atoms with E-state index in [1.165, 1.54) is 32.1 Å². The first-order valence-corrected chi connectivity index (χ1v) is 6.91. The molecule has 4 nitrogen and oxygen atoms in total. The lowest BCUT2D eigenvalue weighted by Crippen LogP contribution is -2.07. The molecular formula is C15H20N2O2. The zero-order chi connectivity index (χ0) is 13.5. The molecular weight excluding hydrogens is 240 g/mol. The molecule has 0 bridgehead atoms. The molecule has 102 valence electrons. The number of carboxylic acids is 1. The summed E-state index contributed by atoms with van der Waals surface area (Å²) in [7, 11) is 0. The topological polar surface area (TPSA) is 61.7 Å². The number of hydrazone groups is 1. The van der Waals surface area contributed by atoms with Crippen LogP contribution in [0.2, 0.25) is 0 Å². The van der Waals surface area contributed by atoms with Gasteiger partial charge >= 0.3 is 5.97 Å². The molecule has 0 spiro atoms. The predicted octanol–water partition coefficient (Wildman–Crippen LogP) is 3.90. The monoisotopic (exact) mass is 260 g/mol. The number of hydrogen-bond acceptors (Lipinski definition) is 3. The molecule has 0 atom stereocenters. The van der Waals surface area contributed by atoms with Crippen LogP contribution in [0.5, 0.6) is 0 Å². The number of aromatic carboxylic acids is 1. The summed E-state index contributed by atoms with van der Waals surface area (Å²) in [5, 5.41) is 13.5. The first kappa shape index (κ1) is 13.6. The SMILES string of the molecule is O=C(O)c1ccccc1NN=C1CCCCCCC1. The van der Waals surface area contributed by atoms with E-state index in [1.54, 1.807) is 18.2 Å². The van der Waals surface area contributed by atoms with Gasteiger partial charge in [-0.3, -0.25) is 5.43 Å². The predicted molar refractivity (Wildman–Crippen MR) is 76.8 cm³/mol. The quantitative estimate of drug-likeness (QED) is 0.810. The number of nitrogens with one attached hydrogen (secondary N) is 1. The first-order chi connectivity index (χ1) is 9.27. The van der Waals surface area contributed by atoms with Gasteiger partial charge in [0.2, 0.25) is 0 Å². The maximum atomic E-state index is 11.1. The average molecular weight is 260 g/mol. The van der Waals surface area contributed by atoms with Crippen molar-refractivity contribution in [2.75, 3.05) is 5.43 Å². The van der Waals surface area contributed by atoms with Gasteiger partial charge in [0.05, 0.1) is 11.3 Å². The van der Waals surface area contributed by atoms with Crippen molar-refractivity contribution < 1.29 is 9.90 Å². The minimum atomic E-state index is -0.930. The van der Waals surface area contributed by atoms with E-state index >= 15 is 0 Å². The van der Waals surface area contributed by atoms with Crippen LogP contribution in [0.15, 0.2) is 29.4 Å². The third kappa shape index (κ3) is 4.09. The molecule has 1 saturated carbocycles. The summed E-state index contributed by atoms with van der Waals surface area (Å²) < 4.78 is 0. The molecule has 2 N–H and O–H groups in total. The molecule has 0 unspecified atom stereocenters. The molecule has 4 heteroatoms. The molecule has 0 aliphatic heterocycles. The van der Waals surface area contributed by atoms with Gasteiger partial charge < -0.3 is 5.11 Å². The second kappa shape index (κ2) is 6.92. The number of nitrogens with zero attached hydrogens (tertiary/aromatic N) is 1. The van der Waals surface area contributed by atoms with Crippen molar-refractivity contribution in [3.05, 3.63) is 29.8 Å². The van der Waals surface area contributed by atoms with Crippen molar-refractivity contribution in [3.63, 3.8) is 0 Å². The molecule has 0 amide bonds. The molecule has 0 radical (unpaired) electrons. The van der Waals surface area contributed by atoms with Crippen molar-refractivity contribution in [1.82, 2.24) is 0 Å². The Kier molecular flexibility index (Phi) is 4.95. The van der Waals surface area contributed by atoms with Crippen LogP contribution in [-0.4, -0.2) is 16.8 Å². The number of anilines is 1. The Labute approximate surface area is 113 Å². The molecule has 19 heavy (non-hydrogen) atoms. The molecule has 1 aromatic carbocycles. The maximum absolute atomic E-state index is 11.1. The Morgan fingerprint density at radius 2 is 1.68 bits per heavy atom. The van der Waals surface area contributed by atoms with Crippen molar-refractivity contribution in [1.29, 1.82) is 0 Å². The maximum Gasteiger partial charge on any atom is 0.337 e. The fraction of sp³-hybridized carbons (Fsp3) is 0.467. The van der Waals surface area contributed by atoms with Crippen LogP contribution in [0.25, 0.3) is 0 Å². The number of benzene rings is 1. The average Bonchev–Trinajstić information content (AvgIpc) is 2.37. The second-order valence-electron chi connectivity index (χ2n) is 4.91. The lowest BCUT2D eigenvalue weighted by Gasteiger charge is -2.12. The van der Waals surface area contributed by atoms with Gasteiger partial charge in [-0.1, -0.05) is 31.4 Å². The number of para-hydroxylation sites is 1. The van der Waals surface area contributed by atoms with Crippen LogP contribution in [-0.2, 0) is 0 Å².